The first-order valence-corrected chi connectivity index (χ1v) is 5.12. The third-order valence-electron chi connectivity index (χ3n) is 2.43. The Morgan fingerprint density at radius 2 is 2.42 bits per heavy atom. The minimum Gasteiger partial charge on any atom is -0.306 e. The first kappa shape index (κ1) is 8.27. The minimum absolute atomic E-state index is 0.577. The summed E-state index contributed by atoms with van der Waals surface area (Å²) < 4.78 is 1.18. The molecule has 0 spiro atoms. The Kier molecular flexibility index (Phi) is 2.20. The second kappa shape index (κ2) is 3.19. The van der Waals surface area contributed by atoms with Gasteiger partial charge in [-0.25, -0.2) is 0 Å². The van der Waals surface area contributed by atoms with Crippen LogP contribution in [0.5, 0.6) is 0 Å². The Morgan fingerprint density at radius 1 is 1.58 bits per heavy atom. The molecule has 1 heterocycles. The summed E-state index contributed by atoms with van der Waals surface area (Å²) >= 11 is 3.48. The largest absolute Gasteiger partial charge is 0.306 e. The van der Waals surface area contributed by atoms with Crippen molar-refractivity contribution in [3.8, 4) is 0 Å². The molecular formula is C10H12BrN. The Balaban J connectivity index is 2.40. The summed E-state index contributed by atoms with van der Waals surface area (Å²) in [6, 6.07) is 7.12. The molecule has 1 N–H and O–H groups in total. The molecule has 2 rings (SSSR count). The topological polar surface area (TPSA) is 12.0 Å². The van der Waals surface area contributed by atoms with Gasteiger partial charge in [0.2, 0.25) is 0 Å². The lowest BCUT2D eigenvalue weighted by atomic mass is 10.0. The molecule has 12 heavy (non-hydrogen) atoms. The van der Waals surface area contributed by atoms with Gasteiger partial charge in [-0.1, -0.05) is 28.9 Å². The van der Waals surface area contributed by atoms with E-state index in [0.717, 1.165) is 6.54 Å². The fraction of sp³-hybridized carbons (Fsp3) is 0.400. The first-order valence-electron chi connectivity index (χ1n) is 4.33. The predicted molar refractivity (Wildman–Crippen MR) is 54.0 cm³/mol. The molecule has 0 saturated carbocycles. The molecule has 0 bridgehead atoms. The van der Waals surface area contributed by atoms with Crippen molar-refractivity contribution in [2.45, 2.75) is 25.9 Å². The van der Waals surface area contributed by atoms with E-state index in [1.807, 2.05) is 0 Å². The van der Waals surface area contributed by atoms with Gasteiger partial charge in [-0.05, 0) is 29.7 Å². The highest BCUT2D eigenvalue weighted by Crippen LogP contribution is 2.29. The number of halogens is 1. The van der Waals surface area contributed by atoms with Gasteiger partial charge in [0, 0.05) is 17.1 Å². The molecule has 1 aliphatic heterocycles. The molecule has 0 fully saturated rings. The van der Waals surface area contributed by atoms with Crippen LogP contribution in [0.25, 0.3) is 0 Å². The van der Waals surface area contributed by atoms with Crippen LogP contribution in [0.15, 0.2) is 22.7 Å². The highest BCUT2D eigenvalue weighted by molar-refractivity contribution is 9.10. The second-order valence-electron chi connectivity index (χ2n) is 3.18. The lowest BCUT2D eigenvalue weighted by Crippen LogP contribution is -2.10. The van der Waals surface area contributed by atoms with E-state index < -0.39 is 0 Å². The van der Waals surface area contributed by atoms with Crippen molar-refractivity contribution in [3.63, 3.8) is 0 Å². The number of nitrogens with one attached hydrogen (secondary N) is 1. The average molecular weight is 226 g/mol. The Morgan fingerprint density at radius 3 is 3.17 bits per heavy atom. The molecular weight excluding hydrogens is 214 g/mol. The Labute approximate surface area is 81.3 Å². The van der Waals surface area contributed by atoms with E-state index in [0.29, 0.717) is 6.04 Å². The molecule has 0 amide bonds. The zero-order chi connectivity index (χ0) is 8.55. The van der Waals surface area contributed by atoms with Crippen LogP contribution in [-0.2, 0) is 6.54 Å². The summed E-state index contributed by atoms with van der Waals surface area (Å²) in [5, 5.41) is 3.48. The molecule has 0 aliphatic carbocycles. The summed E-state index contributed by atoms with van der Waals surface area (Å²) in [7, 11) is 0. The quantitative estimate of drug-likeness (QED) is 0.776. The van der Waals surface area contributed by atoms with E-state index in [9.17, 15) is 0 Å². The summed E-state index contributed by atoms with van der Waals surface area (Å²) in [5.74, 6) is 0. The first-order chi connectivity index (χ1) is 5.81. The van der Waals surface area contributed by atoms with Crippen LogP contribution in [0, 0.1) is 0 Å². The molecule has 1 aromatic carbocycles. The Bertz CT molecular complexity index is 296. The molecule has 1 atom stereocenters. The van der Waals surface area contributed by atoms with Gasteiger partial charge >= 0.3 is 0 Å². The van der Waals surface area contributed by atoms with Crippen LogP contribution in [0.1, 0.15) is 30.5 Å². The van der Waals surface area contributed by atoms with Gasteiger partial charge in [0.1, 0.15) is 0 Å². The van der Waals surface area contributed by atoms with Gasteiger partial charge in [0.25, 0.3) is 0 Å². The number of hydrogen-bond acceptors (Lipinski definition) is 1. The van der Waals surface area contributed by atoms with E-state index in [2.05, 4.69) is 46.4 Å². The van der Waals surface area contributed by atoms with Crippen molar-refractivity contribution in [2.24, 2.45) is 0 Å². The molecule has 0 saturated heterocycles. The maximum Gasteiger partial charge on any atom is 0.0323 e. The average Bonchev–Trinajstić information content (AvgIpc) is 2.46. The molecule has 0 aromatic heterocycles. The summed E-state index contributed by atoms with van der Waals surface area (Å²) in [4.78, 5) is 0. The fourth-order valence-corrected chi connectivity index (χ4v) is 2.18. The standard InChI is InChI=1S/C10H12BrN/c1-2-10-9-4-3-8(11)5-7(9)6-12-10/h3-5,10,12H,2,6H2,1H3. The van der Waals surface area contributed by atoms with Crippen LogP contribution in [0.4, 0.5) is 0 Å². The maximum absolute atomic E-state index is 3.48. The van der Waals surface area contributed by atoms with Gasteiger partial charge in [-0.2, -0.15) is 0 Å². The van der Waals surface area contributed by atoms with Gasteiger partial charge in [-0.3, -0.25) is 0 Å². The van der Waals surface area contributed by atoms with Crippen molar-refractivity contribution in [1.29, 1.82) is 0 Å². The predicted octanol–water partition coefficient (Wildman–Crippen LogP) is 3.00. The SMILES string of the molecule is CCC1NCc2cc(Br)ccc21. The molecule has 64 valence electrons. The van der Waals surface area contributed by atoms with Gasteiger partial charge < -0.3 is 5.32 Å². The van der Waals surface area contributed by atoms with Crippen molar-refractivity contribution < 1.29 is 0 Å². The van der Waals surface area contributed by atoms with Crippen molar-refractivity contribution >= 4 is 15.9 Å². The second-order valence-corrected chi connectivity index (χ2v) is 4.10. The molecule has 0 radical (unpaired) electrons. The van der Waals surface area contributed by atoms with E-state index >= 15 is 0 Å². The number of rotatable bonds is 1. The van der Waals surface area contributed by atoms with Crippen LogP contribution in [0.2, 0.25) is 0 Å². The summed E-state index contributed by atoms with van der Waals surface area (Å²) in [6.07, 6.45) is 1.18. The highest BCUT2D eigenvalue weighted by atomic mass is 79.9. The number of benzene rings is 1. The third-order valence-corrected chi connectivity index (χ3v) is 2.92. The van der Waals surface area contributed by atoms with Crippen LogP contribution in [-0.4, -0.2) is 0 Å². The summed E-state index contributed by atoms with van der Waals surface area (Å²) in [6.45, 7) is 3.24. The Hall–Kier alpha value is -0.340. The summed E-state index contributed by atoms with van der Waals surface area (Å²) in [5.41, 5.74) is 2.91. The number of fused-ring (bicyclic) bond motifs is 1. The molecule has 2 heteroatoms. The van der Waals surface area contributed by atoms with Crippen LogP contribution < -0.4 is 5.32 Å². The van der Waals surface area contributed by atoms with Crippen molar-refractivity contribution in [2.75, 3.05) is 0 Å². The zero-order valence-corrected chi connectivity index (χ0v) is 8.69. The molecule has 1 aliphatic rings. The zero-order valence-electron chi connectivity index (χ0n) is 7.10. The van der Waals surface area contributed by atoms with Crippen molar-refractivity contribution in [1.82, 2.24) is 5.32 Å². The van der Waals surface area contributed by atoms with E-state index in [-0.39, 0.29) is 0 Å². The molecule has 1 aromatic rings. The molecule has 1 nitrogen and oxygen atoms in total. The lowest BCUT2D eigenvalue weighted by Gasteiger charge is -2.07. The fourth-order valence-electron chi connectivity index (χ4n) is 1.77. The van der Waals surface area contributed by atoms with E-state index in [1.165, 1.54) is 22.0 Å². The monoisotopic (exact) mass is 225 g/mol. The minimum atomic E-state index is 0.577. The van der Waals surface area contributed by atoms with Gasteiger partial charge in [0.05, 0.1) is 0 Å². The van der Waals surface area contributed by atoms with Crippen LogP contribution in [0.3, 0.4) is 0 Å². The van der Waals surface area contributed by atoms with E-state index in [1.54, 1.807) is 0 Å². The van der Waals surface area contributed by atoms with Gasteiger partial charge in [0.15, 0.2) is 0 Å². The highest BCUT2D eigenvalue weighted by Gasteiger charge is 2.19. The third kappa shape index (κ3) is 1.29. The molecule has 1 unspecified atom stereocenters. The van der Waals surface area contributed by atoms with Crippen LogP contribution >= 0.6 is 15.9 Å². The lowest BCUT2D eigenvalue weighted by molar-refractivity contribution is 0.567. The van der Waals surface area contributed by atoms with E-state index in [4.69, 9.17) is 0 Å². The number of hydrogen-bond donors (Lipinski definition) is 1. The smallest absolute Gasteiger partial charge is 0.0323 e. The normalized spacial score (nSPS) is 21.0. The van der Waals surface area contributed by atoms with Gasteiger partial charge in [-0.15, -0.1) is 0 Å². The maximum atomic E-state index is 3.48. The van der Waals surface area contributed by atoms with Crippen molar-refractivity contribution in [3.05, 3.63) is 33.8 Å².